The summed E-state index contributed by atoms with van der Waals surface area (Å²) >= 11 is 6.13. The molecule has 1 aromatic heterocycles. The van der Waals surface area contributed by atoms with Crippen molar-refractivity contribution >= 4 is 29.8 Å². The molecule has 1 aliphatic carbocycles. The second kappa shape index (κ2) is 10.8. The number of aromatic nitrogens is 1. The summed E-state index contributed by atoms with van der Waals surface area (Å²) in [5.41, 5.74) is 2.51. The summed E-state index contributed by atoms with van der Waals surface area (Å²) in [6.45, 7) is 7.43. The van der Waals surface area contributed by atoms with Crippen LogP contribution in [0, 0.1) is 0 Å². The number of rotatable bonds is 5. The van der Waals surface area contributed by atoms with E-state index < -0.39 is 0 Å². The maximum Gasteiger partial charge on any atom is 0.317 e. The molecule has 0 bridgehead atoms. The topological polar surface area (TPSA) is 52.5 Å². The Hall–Kier alpha value is -2.54. The Labute approximate surface area is 206 Å². The molecule has 6 nitrogen and oxygen atoms in total. The van der Waals surface area contributed by atoms with Crippen LogP contribution in [-0.2, 0) is 0 Å². The number of halogens is 1. The zero-order chi connectivity index (χ0) is 23.3. The number of amides is 2. The predicted molar refractivity (Wildman–Crippen MR) is 139 cm³/mol. The number of carbonyl (C=O) groups excluding carboxylic acids is 1. The lowest BCUT2D eigenvalue weighted by atomic mass is 9.90. The Morgan fingerprint density at radius 3 is 2.62 bits per heavy atom. The second-order valence-electron chi connectivity index (χ2n) is 9.35. The van der Waals surface area contributed by atoms with Gasteiger partial charge in [-0.15, -0.1) is 0 Å². The van der Waals surface area contributed by atoms with Crippen LogP contribution in [0.2, 0.25) is 5.02 Å². The van der Waals surface area contributed by atoms with Gasteiger partial charge in [0.05, 0.1) is 0 Å². The van der Waals surface area contributed by atoms with Gasteiger partial charge in [-0.3, -0.25) is 4.90 Å². The number of likely N-dealkylation sites (tertiary alicyclic amines) is 1. The van der Waals surface area contributed by atoms with E-state index in [-0.39, 0.29) is 6.03 Å². The number of nitrogens with one attached hydrogen (secondary N) is 2. The zero-order valence-electron chi connectivity index (χ0n) is 19.7. The van der Waals surface area contributed by atoms with Gasteiger partial charge in [0.2, 0.25) is 0 Å². The molecule has 0 radical (unpaired) electrons. The first kappa shape index (κ1) is 23.2. The first-order chi connectivity index (χ1) is 16.7. The number of allylic oxidation sites excluding steroid dienone is 2. The van der Waals surface area contributed by atoms with Gasteiger partial charge in [0.15, 0.2) is 0 Å². The molecule has 34 heavy (non-hydrogen) atoms. The molecule has 5 rings (SSSR count). The van der Waals surface area contributed by atoms with Gasteiger partial charge in [-0.1, -0.05) is 35.9 Å². The number of fused-ring (bicyclic) bond motifs is 1. The highest BCUT2D eigenvalue weighted by Gasteiger charge is 2.26. The molecular formula is C27H34ClN5O. The standard InChI is InChI=1S/C27H34ClN5O/c28-22-6-8-23(9-7-22)33-20-25(24-4-2-1-3-5-26(24)33)21-10-15-32(16-11-21)27(34)30-14-19-31-17-12-29-13-18-31/h1-2,4-9,20-21,29H,3,10-19H2,(H,30,34). The molecule has 0 spiro atoms. The highest BCUT2D eigenvalue weighted by atomic mass is 35.5. The van der Waals surface area contributed by atoms with E-state index in [1.165, 1.54) is 16.1 Å². The third-order valence-electron chi connectivity index (χ3n) is 7.20. The Bertz CT molecular complexity index is 1140. The van der Waals surface area contributed by atoms with Crippen LogP contribution in [0.1, 0.15) is 30.7 Å². The normalized spacial score (nSPS) is 19.1. The van der Waals surface area contributed by atoms with E-state index >= 15 is 0 Å². The van der Waals surface area contributed by atoms with E-state index in [0.29, 0.717) is 12.5 Å². The maximum absolute atomic E-state index is 12.7. The van der Waals surface area contributed by atoms with Crippen molar-refractivity contribution in [3.8, 4) is 5.69 Å². The molecule has 3 heterocycles. The molecule has 0 saturated carbocycles. The number of urea groups is 1. The van der Waals surface area contributed by atoms with E-state index in [2.05, 4.69) is 62.7 Å². The molecule has 2 amide bonds. The minimum Gasteiger partial charge on any atom is -0.337 e. The van der Waals surface area contributed by atoms with E-state index in [1.54, 1.807) is 0 Å². The van der Waals surface area contributed by atoms with Crippen molar-refractivity contribution in [2.24, 2.45) is 0 Å². The van der Waals surface area contributed by atoms with Gasteiger partial charge in [-0.05, 0) is 55.0 Å². The molecule has 1 aromatic carbocycles. The van der Waals surface area contributed by atoms with Crippen LogP contribution in [0.3, 0.4) is 0 Å². The quantitative estimate of drug-likeness (QED) is 0.692. The number of piperazine rings is 1. The molecule has 180 valence electrons. The molecule has 0 atom stereocenters. The number of piperidine rings is 1. The van der Waals surface area contributed by atoms with Gasteiger partial charge in [-0.2, -0.15) is 0 Å². The smallest absolute Gasteiger partial charge is 0.317 e. The lowest BCUT2D eigenvalue weighted by molar-refractivity contribution is 0.177. The average Bonchev–Trinajstić information content (AvgIpc) is 3.05. The minimum absolute atomic E-state index is 0.0778. The van der Waals surface area contributed by atoms with E-state index in [9.17, 15) is 4.79 Å². The average molecular weight is 480 g/mol. The monoisotopic (exact) mass is 479 g/mol. The van der Waals surface area contributed by atoms with Crippen LogP contribution < -0.4 is 21.2 Å². The Morgan fingerprint density at radius 2 is 1.85 bits per heavy atom. The van der Waals surface area contributed by atoms with Crippen LogP contribution in [0.25, 0.3) is 17.8 Å². The SMILES string of the molecule is O=C(NCCN1CCNCC1)N1CCC(c2cn(-c3ccc(Cl)cc3)c3c2=CC=CCC=3)CC1. The fourth-order valence-corrected chi connectivity index (χ4v) is 5.40. The van der Waals surface area contributed by atoms with Gasteiger partial charge in [-0.25, -0.2) is 4.79 Å². The van der Waals surface area contributed by atoms with Gasteiger partial charge in [0, 0.05) is 79.8 Å². The van der Waals surface area contributed by atoms with Gasteiger partial charge in [0.25, 0.3) is 0 Å². The second-order valence-corrected chi connectivity index (χ2v) is 9.79. The third kappa shape index (κ3) is 5.24. The summed E-state index contributed by atoms with van der Waals surface area (Å²) in [7, 11) is 0. The van der Waals surface area contributed by atoms with E-state index in [4.69, 9.17) is 11.6 Å². The lowest BCUT2D eigenvalue weighted by Crippen LogP contribution is -2.49. The molecular weight excluding hydrogens is 446 g/mol. The van der Waals surface area contributed by atoms with Crippen molar-refractivity contribution in [2.45, 2.75) is 25.2 Å². The summed E-state index contributed by atoms with van der Waals surface area (Å²) in [4.78, 5) is 17.1. The predicted octanol–water partition coefficient (Wildman–Crippen LogP) is 2.45. The highest BCUT2D eigenvalue weighted by Crippen LogP contribution is 2.26. The molecule has 7 heteroatoms. The van der Waals surface area contributed by atoms with Gasteiger partial charge >= 0.3 is 6.03 Å². The van der Waals surface area contributed by atoms with E-state index in [1.807, 2.05) is 17.0 Å². The number of carbonyl (C=O) groups is 1. The largest absolute Gasteiger partial charge is 0.337 e. The van der Waals surface area contributed by atoms with Crippen molar-refractivity contribution in [1.29, 1.82) is 0 Å². The number of benzene rings is 1. The maximum atomic E-state index is 12.7. The van der Waals surface area contributed by atoms with Crippen molar-refractivity contribution < 1.29 is 4.79 Å². The number of hydrogen-bond acceptors (Lipinski definition) is 3. The molecule has 2 fully saturated rings. The summed E-state index contributed by atoms with van der Waals surface area (Å²) in [5, 5.41) is 9.80. The third-order valence-corrected chi connectivity index (χ3v) is 7.45. The van der Waals surface area contributed by atoms with Gasteiger partial charge < -0.3 is 20.1 Å². The van der Waals surface area contributed by atoms with Crippen LogP contribution in [0.4, 0.5) is 4.79 Å². The van der Waals surface area contributed by atoms with Crippen molar-refractivity contribution in [2.75, 3.05) is 52.4 Å². The van der Waals surface area contributed by atoms with Crippen molar-refractivity contribution in [3.05, 3.63) is 63.8 Å². The Morgan fingerprint density at radius 1 is 1.09 bits per heavy atom. The number of nitrogens with zero attached hydrogens (tertiary/aromatic N) is 3. The van der Waals surface area contributed by atoms with Crippen molar-refractivity contribution in [3.63, 3.8) is 0 Å². The van der Waals surface area contributed by atoms with Crippen LogP contribution in [0.5, 0.6) is 0 Å². The fourth-order valence-electron chi connectivity index (χ4n) is 5.27. The molecule has 3 aliphatic rings. The van der Waals surface area contributed by atoms with Crippen molar-refractivity contribution in [1.82, 2.24) is 25.0 Å². The molecule has 2 saturated heterocycles. The summed E-state index contributed by atoms with van der Waals surface area (Å²) < 4.78 is 2.29. The Kier molecular flexibility index (Phi) is 7.38. The van der Waals surface area contributed by atoms with Crippen LogP contribution in [-0.4, -0.2) is 72.8 Å². The van der Waals surface area contributed by atoms with Crippen LogP contribution in [0.15, 0.2) is 42.6 Å². The number of hydrogen-bond donors (Lipinski definition) is 2. The first-order valence-electron chi connectivity index (χ1n) is 12.5. The molecule has 2 aliphatic heterocycles. The lowest BCUT2D eigenvalue weighted by Gasteiger charge is -2.32. The fraction of sp³-hybridized carbons (Fsp3) is 0.444. The molecule has 0 unspecified atom stereocenters. The summed E-state index contributed by atoms with van der Waals surface area (Å²) in [6.07, 6.45) is 14.1. The molecule has 2 aromatic rings. The summed E-state index contributed by atoms with van der Waals surface area (Å²) in [5.74, 6) is 0.448. The Balaban J connectivity index is 1.25. The zero-order valence-corrected chi connectivity index (χ0v) is 20.4. The molecule has 2 N–H and O–H groups in total. The summed E-state index contributed by atoms with van der Waals surface area (Å²) in [6, 6.07) is 8.12. The van der Waals surface area contributed by atoms with Crippen LogP contribution >= 0.6 is 11.6 Å². The van der Waals surface area contributed by atoms with Gasteiger partial charge in [0.1, 0.15) is 0 Å². The first-order valence-corrected chi connectivity index (χ1v) is 12.9. The minimum atomic E-state index is 0.0778. The van der Waals surface area contributed by atoms with E-state index in [0.717, 1.165) is 75.8 Å². The highest BCUT2D eigenvalue weighted by molar-refractivity contribution is 6.30.